The van der Waals surface area contributed by atoms with E-state index in [1.165, 1.54) is 21.2 Å². The monoisotopic (exact) mass is 286 g/mol. The molecule has 2 unspecified atom stereocenters. The Bertz CT molecular complexity index is 672. The minimum Gasteiger partial charge on any atom is -0.143 e. The van der Waals surface area contributed by atoms with Crippen LogP contribution in [0.1, 0.15) is 29.3 Å². The van der Waals surface area contributed by atoms with E-state index in [-0.39, 0.29) is 5.38 Å². The maximum Gasteiger partial charge on any atom is 0.0665 e. The molecule has 2 aromatic carbocycles. The molecule has 2 atom stereocenters. The number of hydrogen-bond acceptors (Lipinski definition) is 1. The van der Waals surface area contributed by atoms with Crippen LogP contribution in [0.4, 0.5) is 0 Å². The molecule has 0 nitrogen and oxygen atoms in total. The Kier molecular flexibility index (Phi) is 3.58. The van der Waals surface area contributed by atoms with E-state index in [4.69, 9.17) is 11.6 Å². The second-order valence-electron chi connectivity index (χ2n) is 4.79. The summed E-state index contributed by atoms with van der Waals surface area (Å²) in [5.74, 6) is 0.306. The van der Waals surface area contributed by atoms with E-state index in [1.54, 1.807) is 11.3 Å². The fourth-order valence-electron chi connectivity index (χ4n) is 2.41. The van der Waals surface area contributed by atoms with E-state index in [0.29, 0.717) is 5.92 Å². The lowest BCUT2D eigenvalue weighted by Gasteiger charge is -2.18. The SMILES string of the molecule is CC(c1ccccc1)C(Cl)c1csc2ccccc12. The Morgan fingerprint density at radius 3 is 2.42 bits per heavy atom. The van der Waals surface area contributed by atoms with Crippen molar-refractivity contribution >= 4 is 33.0 Å². The van der Waals surface area contributed by atoms with Gasteiger partial charge in [0.2, 0.25) is 0 Å². The number of thiophene rings is 1. The van der Waals surface area contributed by atoms with Crippen molar-refractivity contribution < 1.29 is 0 Å². The third kappa shape index (κ3) is 2.41. The summed E-state index contributed by atoms with van der Waals surface area (Å²) >= 11 is 8.49. The normalized spacial score (nSPS) is 14.4. The number of hydrogen-bond donors (Lipinski definition) is 0. The highest BCUT2D eigenvalue weighted by Gasteiger charge is 2.21. The lowest BCUT2D eigenvalue weighted by molar-refractivity contribution is 0.738. The summed E-state index contributed by atoms with van der Waals surface area (Å²) in [7, 11) is 0. The highest BCUT2D eigenvalue weighted by molar-refractivity contribution is 7.17. The van der Waals surface area contributed by atoms with Crippen molar-refractivity contribution in [1.82, 2.24) is 0 Å². The van der Waals surface area contributed by atoms with Gasteiger partial charge in [-0.15, -0.1) is 22.9 Å². The zero-order chi connectivity index (χ0) is 13.2. The van der Waals surface area contributed by atoms with Gasteiger partial charge in [0, 0.05) is 10.6 Å². The molecular weight excluding hydrogens is 272 g/mol. The second kappa shape index (κ2) is 5.36. The lowest BCUT2D eigenvalue weighted by Crippen LogP contribution is -2.01. The summed E-state index contributed by atoms with van der Waals surface area (Å²) in [6.07, 6.45) is 0. The largest absolute Gasteiger partial charge is 0.143 e. The van der Waals surface area contributed by atoms with E-state index < -0.39 is 0 Å². The smallest absolute Gasteiger partial charge is 0.0665 e. The molecule has 0 aliphatic heterocycles. The molecule has 0 aliphatic carbocycles. The fourth-order valence-corrected chi connectivity index (χ4v) is 3.81. The van der Waals surface area contributed by atoms with Crippen molar-refractivity contribution in [3.05, 3.63) is 71.1 Å². The number of benzene rings is 2. The summed E-state index contributed by atoms with van der Waals surface area (Å²) in [4.78, 5) is 0. The van der Waals surface area contributed by atoms with Gasteiger partial charge in [-0.1, -0.05) is 55.5 Å². The van der Waals surface area contributed by atoms with E-state index in [2.05, 4.69) is 60.8 Å². The predicted molar refractivity (Wildman–Crippen MR) is 85.3 cm³/mol. The molecule has 3 rings (SSSR count). The first-order chi connectivity index (χ1) is 9.27. The average molecular weight is 287 g/mol. The van der Waals surface area contributed by atoms with E-state index in [9.17, 15) is 0 Å². The molecule has 19 heavy (non-hydrogen) atoms. The van der Waals surface area contributed by atoms with E-state index >= 15 is 0 Å². The first-order valence-electron chi connectivity index (χ1n) is 6.42. The molecular formula is C17H15ClS. The van der Waals surface area contributed by atoms with Crippen molar-refractivity contribution in [2.45, 2.75) is 18.2 Å². The Balaban J connectivity index is 1.98. The third-order valence-electron chi connectivity index (χ3n) is 3.57. The number of halogens is 1. The van der Waals surface area contributed by atoms with Gasteiger partial charge < -0.3 is 0 Å². The minimum absolute atomic E-state index is 0.0125. The first kappa shape index (κ1) is 12.7. The molecule has 0 bridgehead atoms. The van der Waals surface area contributed by atoms with Crippen LogP contribution in [0.25, 0.3) is 10.1 Å². The number of fused-ring (bicyclic) bond motifs is 1. The number of rotatable bonds is 3. The summed E-state index contributed by atoms with van der Waals surface area (Å²) in [5.41, 5.74) is 2.54. The van der Waals surface area contributed by atoms with Crippen molar-refractivity contribution in [3.63, 3.8) is 0 Å². The van der Waals surface area contributed by atoms with E-state index in [1.807, 2.05) is 6.07 Å². The standard InChI is InChI=1S/C17H15ClS/c1-12(13-7-3-2-4-8-13)17(18)15-11-19-16-10-6-5-9-14(15)16/h2-12,17H,1H3. The molecule has 0 radical (unpaired) electrons. The minimum atomic E-state index is 0.0125. The van der Waals surface area contributed by atoms with Crippen LogP contribution < -0.4 is 0 Å². The summed E-state index contributed by atoms with van der Waals surface area (Å²) < 4.78 is 1.31. The van der Waals surface area contributed by atoms with Gasteiger partial charge in [0.25, 0.3) is 0 Å². The predicted octanol–water partition coefficient (Wildman–Crippen LogP) is 5.98. The molecule has 0 aliphatic rings. The van der Waals surface area contributed by atoms with Gasteiger partial charge in [-0.2, -0.15) is 0 Å². The molecule has 0 amide bonds. The molecule has 3 aromatic rings. The molecule has 1 heterocycles. The Morgan fingerprint density at radius 1 is 0.947 bits per heavy atom. The fraction of sp³-hybridized carbons (Fsp3) is 0.176. The Labute approximate surface area is 122 Å². The molecule has 96 valence electrons. The third-order valence-corrected chi connectivity index (χ3v) is 5.17. The van der Waals surface area contributed by atoms with Crippen LogP contribution in [0.5, 0.6) is 0 Å². The van der Waals surface area contributed by atoms with Crippen molar-refractivity contribution in [2.24, 2.45) is 0 Å². The summed E-state index contributed by atoms with van der Waals surface area (Å²) in [6.45, 7) is 2.19. The van der Waals surface area contributed by atoms with Gasteiger partial charge in [-0.3, -0.25) is 0 Å². The first-order valence-corrected chi connectivity index (χ1v) is 7.74. The van der Waals surface area contributed by atoms with Crippen LogP contribution in [-0.4, -0.2) is 0 Å². The van der Waals surface area contributed by atoms with Crippen LogP contribution in [0.3, 0.4) is 0 Å². The zero-order valence-corrected chi connectivity index (χ0v) is 12.3. The van der Waals surface area contributed by atoms with Gasteiger partial charge in [-0.05, 0) is 28.0 Å². The van der Waals surface area contributed by atoms with Crippen LogP contribution in [-0.2, 0) is 0 Å². The average Bonchev–Trinajstić information content (AvgIpc) is 2.90. The summed E-state index contributed by atoms with van der Waals surface area (Å²) in [6, 6.07) is 18.9. The van der Waals surface area contributed by atoms with Crippen LogP contribution in [0.2, 0.25) is 0 Å². The van der Waals surface area contributed by atoms with Gasteiger partial charge in [-0.25, -0.2) is 0 Å². The quantitative estimate of drug-likeness (QED) is 0.519. The Hall–Kier alpha value is -1.31. The van der Waals surface area contributed by atoms with Crippen LogP contribution in [0.15, 0.2) is 60.0 Å². The highest BCUT2D eigenvalue weighted by Crippen LogP contribution is 2.41. The summed E-state index contributed by atoms with van der Waals surface area (Å²) in [5, 5.41) is 3.50. The molecule has 0 N–H and O–H groups in total. The molecule has 0 saturated heterocycles. The van der Waals surface area contributed by atoms with Crippen LogP contribution >= 0.6 is 22.9 Å². The topological polar surface area (TPSA) is 0 Å². The van der Waals surface area contributed by atoms with Gasteiger partial charge in [0.15, 0.2) is 0 Å². The molecule has 1 aromatic heterocycles. The molecule has 0 saturated carbocycles. The van der Waals surface area contributed by atoms with Crippen LogP contribution in [0, 0.1) is 0 Å². The van der Waals surface area contributed by atoms with E-state index in [0.717, 1.165) is 0 Å². The van der Waals surface area contributed by atoms with Gasteiger partial charge in [0.1, 0.15) is 0 Å². The molecule has 2 heteroatoms. The maximum atomic E-state index is 6.72. The lowest BCUT2D eigenvalue weighted by atomic mass is 9.93. The Morgan fingerprint density at radius 2 is 1.63 bits per heavy atom. The van der Waals surface area contributed by atoms with Crippen molar-refractivity contribution in [3.8, 4) is 0 Å². The number of alkyl halides is 1. The highest BCUT2D eigenvalue weighted by atomic mass is 35.5. The van der Waals surface area contributed by atoms with Gasteiger partial charge in [0.05, 0.1) is 5.38 Å². The van der Waals surface area contributed by atoms with Crippen molar-refractivity contribution in [2.75, 3.05) is 0 Å². The zero-order valence-electron chi connectivity index (χ0n) is 10.7. The molecule has 0 fully saturated rings. The van der Waals surface area contributed by atoms with Gasteiger partial charge >= 0.3 is 0 Å². The van der Waals surface area contributed by atoms with Crippen molar-refractivity contribution in [1.29, 1.82) is 0 Å². The second-order valence-corrected chi connectivity index (χ2v) is 6.17. The maximum absolute atomic E-state index is 6.72. The molecule has 0 spiro atoms.